The van der Waals surface area contributed by atoms with E-state index >= 15 is 0 Å². The number of aliphatic hydroxyl groups is 1. The number of hydrogen-bond donors (Lipinski definition) is 2. The molecule has 0 aliphatic rings. The molecule has 1 rings (SSSR count). The molecule has 0 heterocycles. The fourth-order valence-corrected chi connectivity index (χ4v) is 1.09. The lowest BCUT2D eigenvalue weighted by atomic mass is 10.0. The molecule has 0 spiro atoms. The van der Waals surface area contributed by atoms with Crippen LogP contribution in [0.4, 0.5) is 0 Å². The number of Topliss-reactive ketones (excluding diaryl/α,β-unsaturated/α-hetero) is 1. The lowest BCUT2D eigenvalue weighted by Gasteiger charge is -2.05. The molecule has 0 fully saturated rings. The minimum Gasteiger partial charge on any atom is -0.389 e. The predicted molar refractivity (Wildman–Crippen MR) is 50.5 cm³/mol. The Morgan fingerprint density at radius 2 is 2.31 bits per heavy atom. The standard InChI is InChI=1S/C10H13NO2/c1-7(12)8-3-2-4-9(5-8)10(13)6-11/h2-5,7,12H,6,11H2,1H3. The molecule has 3 heteroatoms. The van der Waals surface area contributed by atoms with Crippen LogP contribution in [0.2, 0.25) is 0 Å². The number of hydrogen-bond acceptors (Lipinski definition) is 3. The second-order valence-electron chi connectivity index (χ2n) is 2.93. The Hall–Kier alpha value is -1.19. The van der Waals surface area contributed by atoms with Crippen LogP contribution in [0.3, 0.4) is 0 Å². The zero-order valence-corrected chi connectivity index (χ0v) is 7.53. The number of carbonyl (C=O) groups is 1. The summed E-state index contributed by atoms with van der Waals surface area (Å²) in [5.74, 6) is -0.109. The average molecular weight is 179 g/mol. The molecule has 0 saturated carbocycles. The number of aliphatic hydroxyl groups excluding tert-OH is 1. The molecule has 0 radical (unpaired) electrons. The van der Waals surface area contributed by atoms with E-state index in [2.05, 4.69) is 0 Å². The van der Waals surface area contributed by atoms with Crippen molar-refractivity contribution in [3.8, 4) is 0 Å². The molecule has 0 aliphatic carbocycles. The van der Waals surface area contributed by atoms with Gasteiger partial charge in [-0.2, -0.15) is 0 Å². The zero-order chi connectivity index (χ0) is 9.84. The maximum absolute atomic E-state index is 11.2. The zero-order valence-electron chi connectivity index (χ0n) is 7.53. The lowest BCUT2D eigenvalue weighted by molar-refractivity contribution is 0.100. The number of ketones is 1. The van der Waals surface area contributed by atoms with Crippen LogP contribution >= 0.6 is 0 Å². The first-order chi connectivity index (χ1) is 6.15. The van der Waals surface area contributed by atoms with Crippen LogP contribution in [0.5, 0.6) is 0 Å². The van der Waals surface area contributed by atoms with Crippen molar-refractivity contribution in [3.05, 3.63) is 35.4 Å². The van der Waals surface area contributed by atoms with Crippen LogP contribution < -0.4 is 5.73 Å². The summed E-state index contributed by atoms with van der Waals surface area (Å²) >= 11 is 0. The van der Waals surface area contributed by atoms with Crippen molar-refractivity contribution in [2.45, 2.75) is 13.0 Å². The van der Waals surface area contributed by atoms with Gasteiger partial charge in [0.1, 0.15) is 0 Å². The Kier molecular flexibility index (Phi) is 3.17. The Morgan fingerprint density at radius 1 is 1.62 bits per heavy atom. The fourth-order valence-electron chi connectivity index (χ4n) is 1.09. The van der Waals surface area contributed by atoms with Gasteiger partial charge >= 0.3 is 0 Å². The maximum atomic E-state index is 11.2. The van der Waals surface area contributed by atoms with Crippen molar-refractivity contribution in [3.63, 3.8) is 0 Å². The SMILES string of the molecule is CC(O)c1cccc(C(=O)CN)c1. The Labute approximate surface area is 77.2 Å². The third kappa shape index (κ3) is 2.37. The summed E-state index contributed by atoms with van der Waals surface area (Å²) in [6.45, 7) is 1.66. The summed E-state index contributed by atoms with van der Waals surface area (Å²) < 4.78 is 0. The highest BCUT2D eigenvalue weighted by atomic mass is 16.3. The van der Waals surface area contributed by atoms with Gasteiger partial charge in [0.05, 0.1) is 12.6 Å². The van der Waals surface area contributed by atoms with Crippen molar-refractivity contribution in [2.24, 2.45) is 5.73 Å². The minimum absolute atomic E-state index is 0.00324. The van der Waals surface area contributed by atoms with Crippen LogP contribution in [0, 0.1) is 0 Å². The highest BCUT2D eigenvalue weighted by molar-refractivity contribution is 5.97. The quantitative estimate of drug-likeness (QED) is 0.677. The molecule has 70 valence electrons. The molecule has 13 heavy (non-hydrogen) atoms. The highest BCUT2D eigenvalue weighted by Gasteiger charge is 2.05. The molecule has 0 saturated heterocycles. The van der Waals surface area contributed by atoms with Gasteiger partial charge in [-0.3, -0.25) is 4.79 Å². The second kappa shape index (κ2) is 4.16. The number of benzene rings is 1. The molecule has 1 aromatic carbocycles. The molecular weight excluding hydrogens is 166 g/mol. The van der Waals surface area contributed by atoms with Crippen molar-refractivity contribution in [1.82, 2.24) is 0 Å². The molecule has 1 unspecified atom stereocenters. The number of rotatable bonds is 3. The van der Waals surface area contributed by atoms with Gasteiger partial charge in [-0.15, -0.1) is 0 Å². The van der Waals surface area contributed by atoms with Crippen LogP contribution in [0.15, 0.2) is 24.3 Å². The number of nitrogens with two attached hydrogens (primary N) is 1. The van der Waals surface area contributed by atoms with Crippen LogP contribution in [0.1, 0.15) is 28.9 Å². The smallest absolute Gasteiger partial charge is 0.176 e. The van der Waals surface area contributed by atoms with E-state index in [1.54, 1.807) is 31.2 Å². The summed E-state index contributed by atoms with van der Waals surface area (Å²) in [6, 6.07) is 6.88. The topological polar surface area (TPSA) is 63.3 Å². The van der Waals surface area contributed by atoms with E-state index in [4.69, 9.17) is 5.73 Å². The molecular formula is C10H13NO2. The molecule has 0 bridgehead atoms. The second-order valence-corrected chi connectivity index (χ2v) is 2.93. The molecule has 0 aromatic heterocycles. The van der Waals surface area contributed by atoms with Crippen LogP contribution in [0.25, 0.3) is 0 Å². The van der Waals surface area contributed by atoms with Gasteiger partial charge in [0.2, 0.25) is 0 Å². The van der Waals surface area contributed by atoms with E-state index < -0.39 is 6.10 Å². The third-order valence-corrected chi connectivity index (χ3v) is 1.88. The maximum Gasteiger partial charge on any atom is 0.176 e. The summed E-state index contributed by atoms with van der Waals surface area (Å²) in [5, 5.41) is 9.26. The first-order valence-corrected chi connectivity index (χ1v) is 4.16. The Bertz CT molecular complexity index is 308. The van der Waals surface area contributed by atoms with E-state index in [0.29, 0.717) is 5.56 Å². The van der Waals surface area contributed by atoms with Gasteiger partial charge in [0.25, 0.3) is 0 Å². The summed E-state index contributed by atoms with van der Waals surface area (Å²) in [6.07, 6.45) is -0.550. The van der Waals surface area contributed by atoms with Gasteiger partial charge in [-0.05, 0) is 18.6 Å². The molecule has 1 aromatic rings. The molecule has 3 N–H and O–H groups in total. The van der Waals surface area contributed by atoms with Gasteiger partial charge < -0.3 is 10.8 Å². The largest absolute Gasteiger partial charge is 0.389 e. The number of carbonyl (C=O) groups excluding carboxylic acids is 1. The van der Waals surface area contributed by atoms with Gasteiger partial charge in [-0.1, -0.05) is 18.2 Å². The first kappa shape index (κ1) is 9.89. The van der Waals surface area contributed by atoms with E-state index in [1.807, 2.05) is 0 Å². The lowest BCUT2D eigenvalue weighted by Crippen LogP contribution is -2.13. The van der Waals surface area contributed by atoms with Gasteiger partial charge in [0.15, 0.2) is 5.78 Å². The molecule has 0 aliphatic heterocycles. The van der Waals surface area contributed by atoms with E-state index in [9.17, 15) is 9.90 Å². The summed E-state index contributed by atoms with van der Waals surface area (Å²) in [5.41, 5.74) is 6.51. The van der Waals surface area contributed by atoms with E-state index in [-0.39, 0.29) is 12.3 Å². The van der Waals surface area contributed by atoms with Crippen molar-refractivity contribution in [1.29, 1.82) is 0 Å². The van der Waals surface area contributed by atoms with Crippen LogP contribution in [-0.2, 0) is 0 Å². The normalized spacial score (nSPS) is 12.5. The monoisotopic (exact) mass is 179 g/mol. The summed E-state index contributed by atoms with van der Waals surface area (Å²) in [4.78, 5) is 11.2. The van der Waals surface area contributed by atoms with Crippen molar-refractivity contribution < 1.29 is 9.90 Å². The molecule has 1 atom stereocenters. The van der Waals surface area contributed by atoms with Gasteiger partial charge in [-0.25, -0.2) is 0 Å². The van der Waals surface area contributed by atoms with Crippen molar-refractivity contribution in [2.75, 3.05) is 6.54 Å². The summed E-state index contributed by atoms with van der Waals surface area (Å²) in [7, 11) is 0. The first-order valence-electron chi connectivity index (χ1n) is 4.16. The highest BCUT2D eigenvalue weighted by Crippen LogP contribution is 2.13. The van der Waals surface area contributed by atoms with Crippen molar-refractivity contribution >= 4 is 5.78 Å². The van der Waals surface area contributed by atoms with Crippen LogP contribution in [-0.4, -0.2) is 17.4 Å². The van der Waals surface area contributed by atoms with E-state index in [0.717, 1.165) is 5.56 Å². The predicted octanol–water partition coefficient (Wildman–Crippen LogP) is 0.881. The molecule has 3 nitrogen and oxygen atoms in total. The fraction of sp³-hybridized carbons (Fsp3) is 0.300. The minimum atomic E-state index is -0.550. The Morgan fingerprint density at radius 3 is 2.85 bits per heavy atom. The average Bonchev–Trinajstić information content (AvgIpc) is 2.17. The Balaban J connectivity index is 2.98. The third-order valence-electron chi connectivity index (χ3n) is 1.88. The van der Waals surface area contributed by atoms with Gasteiger partial charge in [0, 0.05) is 5.56 Å². The van der Waals surface area contributed by atoms with E-state index in [1.165, 1.54) is 0 Å². The molecule has 0 amide bonds.